The molecule has 2 aromatic rings. The van der Waals surface area contributed by atoms with Gasteiger partial charge in [0, 0.05) is 5.92 Å². The number of nitrogens with zero attached hydrogens (tertiary/aromatic N) is 2. The van der Waals surface area contributed by atoms with Crippen LogP contribution < -0.4 is 5.73 Å². The average molecular weight is 257 g/mol. The molecule has 0 saturated heterocycles. The minimum atomic E-state index is -0.544. The summed E-state index contributed by atoms with van der Waals surface area (Å²) in [5.74, 6) is 1.87. The number of hydrogen-bond acceptors (Lipinski definition) is 4. The third-order valence-electron chi connectivity index (χ3n) is 3.81. The van der Waals surface area contributed by atoms with Crippen LogP contribution in [0, 0.1) is 0 Å². The van der Waals surface area contributed by atoms with E-state index >= 15 is 0 Å². The van der Waals surface area contributed by atoms with Crippen molar-refractivity contribution in [3.63, 3.8) is 0 Å². The second-order valence-corrected chi connectivity index (χ2v) is 5.40. The highest BCUT2D eigenvalue weighted by Crippen LogP contribution is 2.39. The Morgan fingerprint density at radius 2 is 2.05 bits per heavy atom. The standard InChI is InChI=1S/C15H19N3O/c1-2-15(16,10-11-6-4-3-5-7-11)14-17-13(19-18-14)12-8-9-12/h3-7,12H,2,8-10,16H2,1H3. The van der Waals surface area contributed by atoms with Crippen LogP contribution in [0.3, 0.4) is 0 Å². The molecule has 0 aliphatic heterocycles. The first kappa shape index (κ1) is 12.4. The van der Waals surface area contributed by atoms with E-state index < -0.39 is 5.54 Å². The molecule has 1 aromatic carbocycles. The smallest absolute Gasteiger partial charge is 0.229 e. The molecule has 4 heteroatoms. The summed E-state index contributed by atoms with van der Waals surface area (Å²) in [6.45, 7) is 2.07. The molecule has 2 N–H and O–H groups in total. The summed E-state index contributed by atoms with van der Waals surface area (Å²) >= 11 is 0. The number of rotatable bonds is 5. The van der Waals surface area contributed by atoms with Crippen molar-refractivity contribution >= 4 is 0 Å². The van der Waals surface area contributed by atoms with E-state index in [0.717, 1.165) is 31.6 Å². The first-order valence-electron chi connectivity index (χ1n) is 6.88. The monoisotopic (exact) mass is 257 g/mol. The fourth-order valence-electron chi connectivity index (χ4n) is 2.26. The Morgan fingerprint density at radius 3 is 2.68 bits per heavy atom. The van der Waals surface area contributed by atoms with Gasteiger partial charge in [-0.15, -0.1) is 0 Å². The lowest BCUT2D eigenvalue weighted by molar-refractivity contribution is 0.340. The van der Waals surface area contributed by atoms with Crippen molar-refractivity contribution in [3.05, 3.63) is 47.6 Å². The average Bonchev–Trinajstić information content (AvgIpc) is 3.17. The molecule has 1 aliphatic rings. The largest absolute Gasteiger partial charge is 0.339 e. The molecule has 1 unspecified atom stereocenters. The molecular weight excluding hydrogens is 238 g/mol. The van der Waals surface area contributed by atoms with Gasteiger partial charge in [-0.25, -0.2) is 0 Å². The predicted molar refractivity (Wildman–Crippen MR) is 72.6 cm³/mol. The van der Waals surface area contributed by atoms with Gasteiger partial charge in [0.1, 0.15) is 0 Å². The van der Waals surface area contributed by atoms with Crippen LogP contribution in [0.25, 0.3) is 0 Å². The van der Waals surface area contributed by atoms with E-state index in [1.165, 1.54) is 5.56 Å². The van der Waals surface area contributed by atoms with Gasteiger partial charge in [-0.05, 0) is 31.2 Å². The van der Waals surface area contributed by atoms with Crippen molar-refractivity contribution in [1.29, 1.82) is 0 Å². The highest BCUT2D eigenvalue weighted by Gasteiger charge is 2.35. The molecule has 1 fully saturated rings. The van der Waals surface area contributed by atoms with Gasteiger partial charge < -0.3 is 10.3 Å². The maximum absolute atomic E-state index is 6.50. The Kier molecular flexibility index (Phi) is 3.11. The first-order chi connectivity index (χ1) is 9.21. The molecule has 1 saturated carbocycles. The fraction of sp³-hybridized carbons (Fsp3) is 0.467. The lowest BCUT2D eigenvalue weighted by Gasteiger charge is -2.24. The number of aromatic nitrogens is 2. The van der Waals surface area contributed by atoms with Crippen molar-refractivity contribution in [1.82, 2.24) is 10.1 Å². The van der Waals surface area contributed by atoms with Crippen LogP contribution in [0.4, 0.5) is 0 Å². The molecule has 3 rings (SSSR count). The summed E-state index contributed by atoms with van der Waals surface area (Å²) < 4.78 is 5.33. The second-order valence-electron chi connectivity index (χ2n) is 5.40. The van der Waals surface area contributed by atoms with E-state index in [0.29, 0.717) is 11.7 Å². The van der Waals surface area contributed by atoms with Gasteiger partial charge in [0.15, 0.2) is 5.82 Å². The van der Waals surface area contributed by atoms with Crippen molar-refractivity contribution in [2.45, 2.75) is 44.1 Å². The molecule has 0 bridgehead atoms. The summed E-state index contributed by atoms with van der Waals surface area (Å²) in [6.07, 6.45) is 3.83. The molecule has 0 spiro atoms. The predicted octanol–water partition coefficient (Wildman–Crippen LogP) is 2.75. The Balaban J connectivity index is 1.84. The number of hydrogen-bond donors (Lipinski definition) is 1. The lowest BCUT2D eigenvalue weighted by Crippen LogP contribution is -2.39. The van der Waals surface area contributed by atoms with E-state index in [4.69, 9.17) is 10.3 Å². The maximum Gasteiger partial charge on any atom is 0.229 e. The van der Waals surface area contributed by atoms with Crippen LogP contribution in [0.2, 0.25) is 0 Å². The molecule has 4 nitrogen and oxygen atoms in total. The van der Waals surface area contributed by atoms with E-state index in [1.807, 2.05) is 18.2 Å². The highest BCUT2D eigenvalue weighted by atomic mass is 16.5. The molecule has 100 valence electrons. The maximum atomic E-state index is 6.50. The lowest BCUT2D eigenvalue weighted by atomic mass is 9.88. The van der Waals surface area contributed by atoms with Gasteiger partial charge in [0.05, 0.1) is 5.54 Å². The molecule has 19 heavy (non-hydrogen) atoms. The van der Waals surface area contributed by atoms with Crippen LogP contribution in [0.15, 0.2) is 34.9 Å². The topological polar surface area (TPSA) is 64.9 Å². The fourth-order valence-corrected chi connectivity index (χ4v) is 2.26. The van der Waals surface area contributed by atoms with Crippen molar-refractivity contribution < 1.29 is 4.52 Å². The summed E-state index contributed by atoms with van der Waals surface area (Å²) in [4.78, 5) is 4.51. The zero-order valence-electron chi connectivity index (χ0n) is 11.2. The summed E-state index contributed by atoms with van der Waals surface area (Å²) in [7, 11) is 0. The van der Waals surface area contributed by atoms with E-state index in [-0.39, 0.29) is 0 Å². The molecule has 0 radical (unpaired) electrons. The third-order valence-corrected chi connectivity index (χ3v) is 3.81. The summed E-state index contributed by atoms with van der Waals surface area (Å²) in [5, 5.41) is 4.11. The van der Waals surface area contributed by atoms with Crippen LogP contribution in [-0.2, 0) is 12.0 Å². The number of benzene rings is 1. The molecule has 1 aliphatic carbocycles. The van der Waals surface area contributed by atoms with Crippen molar-refractivity contribution in [2.75, 3.05) is 0 Å². The summed E-state index contributed by atoms with van der Waals surface area (Å²) in [6, 6.07) is 10.2. The molecule has 1 atom stereocenters. The van der Waals surface area contributed by atoms with Gasteiger partial charge in [-0.2, -0.15) is 4.98 Å². The quantitative estimate of drug-likeness (QED) is 0.894. The Morgan fingerprint density at radius 1 is 1.32 bits per heavy atom. The van der Waals surface area contributed by atoms with Crippen LogP contribution in [-0.4, -0.2) is 10.1 Å². The first-order valence-corrected chi connectivity index (χ1v) is 6.88. The Hall–Kier alpha value is -1.68. The van der Waals surface area contributed by atoms with Gasteiger partial charge in [-0.3, -0.25) is 0 Å². The highest BCUT2D eigenvalue weighted by molar-refractivity contribution is 5.20. The third kappa shape index (κ3) is 2.54. The van der Waals surface area contributed by atoms with Gasteiger partial charge in [0.25, 0.3) is 0 Å². The van der Waals surface area contributed by atoms with Crippen LogP contribution in [0.1, 0.15) is 49.4 Å². The minimum absolute atomic E-state index is 0.471. The van der Waals surface area contributed by atoms with Crippen molar-refractivity contribution in [2.24, 2.45) is 5.73 Å². The van der Waals surface area contributed by atoms with Crippen LogP contribution >= 0.6 is 0 Å². The van der Waals surface area contributed by atoms with Gasteiger partial charge in [0.2, 0.25) is 5.89 Å². The molecule has 1 heterocycles. The second kappa shape index (κ2) is 4.78. The van der Waals surface area contributed by atoms with Gasteiger partial charge >= 0.3 is 0 Å². The SMILES string of the molecule is CCC(N)(Cc1ccccc1)c1noc(C2CC2)n1. The van der Waals surface area contributed by atoms with E-state index in [9.17, 15) is 0 Å². The summed E-state index contributed by atoms with van der Waals surface area (Å²) in [5.41, 5.74) is 7.15. The minimum Gasteiger partial charge on any atom is -0.339 e. The zero-order valence-corrected chi connectivity index (χ0v) is 11.2. The molecule has 1 aromatic heterocycles. The Labute approximate surface area is 113 Å². The molecular formula is C15H19N3O. The normalized spacial score (nSPS) is 18.2. The Bertz CT molecular complexity index is 548. The van der Waals surface area contributed by atoms with Crippen molar-refractivity contribution in [3.8, 4) is 0 Å². The molecule has 0 amide bonds. The zero-order chi connectivity index (χ0) is 13.3. The number of nitrogens with two attached hydrogens (primary N) is 1. The van der Waals surface area contributed by atoms with E-state index in [1.54, 1.807) is 0 Å². The van der Waals surface area contributed by atoms with Crippen LogP contribution in [0.5, 0.6) is 0 Å². The van der Waals surface area contributed by atoms with E-state index in [2.05, 4.69) is 29.2 Å². The van der Waals surface area contributed by atoms with Gasteiger partial charge in [-0.1, -0.05) is 42.4 Å².